The van der Waals surface area contributed by atoms with Gasteiger partial charge in [-0.3, -0.25) is 0 Å². The number of nitrogens with zero attached hydrogens (tertiary/aromatic N) is 4. The number of tetrazole rings is 1. The maximum atomic E-state index is 11.0. The van der Waals surface area contributed by atoms with Gasteiger partial charge in [0.2, 0.25) is 0 Å². The lowest BCUT2D eigenvalue weighted by Crippen LogP contribution is -2.15. The summed E-state index contributed by atoms with van der Waals surface area (Å²) >= 11 is 0. The fourth-order valence-electron chi connectivity index (χ4n) is 0.852. The Kier molecular flexibility index (Phi) is 1.29. The lowest BCUT2D eigenvalue weighted by molar-refractivity contribution is 0.396. The Morgan fingerprint density at radius 1 is 1.67 bits per heavy atom. The van der Waals surface area contributed by atoms with E-state index in [4.69, 9.17) is 4.52 Å². The molecule has 7 nitrogen and oxygen atoms in total. The van der Waals surface area contributed by atoms with Crippen LogP contribution in [-0.4, -0.2) is 25.4 Å². The highest BCUT2D eigenvalue weighted by Crippen LogP contribution is 2.07. The van der Waals surface area contributed by atoms with E-state index in [1.165, 1.54) is 6.20 Å². The summed E-state index contributed by atoms with van der Waals surface area (Å²) < 4.78 is 5.83. The molecule has 0 saturated heterocycles. The molecule has 2 aromatic heterocycles. The van der Waals surface area contributed by atoms with Gasteiger partial charge in [0.15, 0.2) is 5.76 Å². The first-order chi connectivity index (χ1) is 5.79. The van der Waals surface area contributed by atoms with Crippen molar-refractivity contribution in [3.8, 4) is 5.69 Å². The molecule has 0 bridgehead atoms. The second-order valence-corrected chi connectivity index (χ2v) is 2.19. The molecule has 0 amide bonds. The molecule has 0 aromatic carbocycles. The van der Waals surface area contributed by atoms with E-state index in [0.29, 0.717) is 11.4 Å². The molecule has 1 N–H and O–H groups in total. The summed E-state index contributed by atoms with van der Waals surface area (Å²) in [5, 5.41) is 12.5. The molecule has 0 fully saturated rings. The first-order valence-electron chi connectivity index (χ1n) is 3.21. The molecule has 7 heteroatoms. The van der Waals surface area contributed by atoms with Crippen molar-refractivity contribution >= 4 is 0 Å². The van der Waals surface area contributed by atoms with Crippen molar-refractivity contribution in [2.45, 2.75) is 6.92 Å². The van der Waals surface area contributed by atoms with Crippen LogP contribution in [0.2, 0.25) is 0 Å². The number of hydrogen-bond acceptors (Lipinski definition) is 5. The summed E-state index contributed by atoms with van der Waals surface area (Å²) in [5.41, 5.74) is 0.0788. The van der Waals surface area contributed by atoms with Crippen LogP contribution in [-0.2, 0) is 0 Å². The van der Waals surface area contributed by atoms with Crippen LogP contribution in [0.3, 0.4) is 0 Å². The van der Waals surface area contributed by atoms with Crippen molar-refractivity contribution in [2.24, 2.45) is 0 Å². The van der Waals surface area contributed by atoms with Gasteiger partial charge in [-0.05, 0) is 17.4 Å². The van der Waals surface area contributed by atoms with Gasteiger partial charge in [-0.1, -0.05) is 5.16 Å². The number of rotatable bonds is 1. The fourth-order valence-corrected chi connectivity index (χ4v) is 0.852. The number of aromatic amines is 1. The molecule has 0 unspecified atom stereocenters. The topological polar surface area (TPSA) is 89.6 Å². The quantitative estimate of drug-likeness (QED) is 0.603. The van der Waals surface area contributed by atoms with Crippen molar-refractivity contribution in [1.29, 1.82) is 0 Å². The van der Waals surface area contributed by atoms with Crippen LogP contribution < -0.4 is 5.69 Å². The molecule has 62 valence electrons. The van der Waals surface area contributed by atoms with Gasteiger partial charge in [-0.2, -0.15) is 4.68 Å². The molecule has 0 aliphatic rings. The second-order valence-electron chi connectivity index (χ2n) is 2.19. The molecule has 0 aliphatic carbocycles. The maximum Gasteiger partial charge on any atom is 0.366 e. The first-order valence-corrected chi connectivity index (χ1v) is 3.21. The van der Waals surface area contributed by atoms with Crippen molar-refractivity contribution in [3.05, 3.63) is 22.4 Å². The zero-order valence-electron chi connectivity index (χ0n) is 6.18. The lowest BCUT2D eigenvalue weighted by Gasteiger charge is -1.89. The minimum Gasteiger partial charge on any atom is -0.359 e. The molecule has 2 aromatic rings. The van der Waals surface area contributed by atoms with E-state index >= 15 is 0 Å². The van der Waals surface area contributed by atoms with E-state index in [2.05, 4.69) is 20.7 Å². The van der Waals surface area contributed by atoms with E-state index in [9.17, 15) is 4.79 Å². The van der Waals surface area contributed by atoms with Crippen molar-refractivity contribution in [1.82, 2.24) is 25.4 Å². The van der Waals surface area contributed by atoms with Crippen LogP contribution in [0.5, 0.6) is 0 Å². The number of hydrogen-bond donors (Lipinski definition) is 1. The minimum atomic E-state index is -0.415. The summed E-state index contributed by atoms with van der Waals surface area (Å²) in [5.74, 6) is 0.519. The molecular formula is C5H5N5O2. The monoisotopic (exact) mass is 167 g/mol. The van der Waals surface area contributed by atoms with Gasteiger partial charge in [0.1, 0.15) is 5.69 Å². The number of aromatic nitrogens is 5. The Morgan fingerprint density at radius 2 is 2.50 bits per heavy atom. The molecule has 0 radical (unpaired) electrons. The van der Waals surface area contributed by atoms with Crippen LogP contribution in [0.25, 0.3) is 5.69 Å². The molecule has 0 spiro atoms. The van der Waals surface area contributed by atoms with Gasteiger partial charge in [0.25, 0.3) is 0 Å². The Labute approximate surface area is 66.0 Å². The molecular weight excluding hydrogens is 162 g/mol. The van der Waals surface area contributed by atoms with Crippen molar-refractivity contribution in [3.63, 3.8) is 0 Å². The number of H-pyrrole nitrogens is 1. The van der Waals surface area contributed by atoms with Gasteiger partial charge in [0, 0.05) is 0 Å². The summed E-state index contributed by atoms with van der Waals surface area (Å²) in [6.07, 6.45) is 1.40. The predicted molar refractivity (Wildman–Crippen MR) is 36.8 cm³/mol. The number of nitrogens with one attached hydrogen (secondary N) is 1. The zero-order valence-corrected chi connectivity index (χ0v) is 6.18. The fraction of sp³-hybridized carbons (Fsp3) is 0.200. The van der Waals surface area contributed by atoms with Crippen LogP contribution in [0.15, 0.2) is 15.5 Å². The van der Waals surface area contributed by atoms with Gasteiger partial charge < -0.3 is 4.52 Å². The third-order valence-electron chi connectivity index (χ3n) is 1.43. The highest BCUT2D eigenvalue weighted by atomic mass is 16.5. The van der Waals surface area contributed by atoms with Crippen LogP contribution in [0.4, 0.5) is 0 Å². The van der Waals surface area contributed by atoms with Crippen molar-refractivity contribution in [2.75, 3.05) is 0 Å². The minimum absolute atomic E-state index is 0.415. The van der Waals surface area contributed by atoms with E-state index in [-0.39, 0.29) is 0 Å². The van der Waals surface area contributed by atoms with Crippen LogP contribution in [0, 0.1) is 6.92 Å². The summed E-state index contributed by atoms with van der Waals surface area (Å²) in [4.78, 5) is 11.0. The Hall–Kier alpha value is -1.92. The summed E-state index contributed by atoms with van der Waals surface area (Å²) in [6, 6.07) is 0. The van der Waals surface area contributed by atoms with Crippen LogP contribution in [0.1, 0.15) is 5.76 Å². The zero-order chi connectivity index (χ0) is 8.55. The van der Waals surface area contributed by atoms with Gasteiger partial charge in [-0.15, -0.1) is 0 Å². The normalized spacial score (nSPS) is 10.4. The SMILES string of the molecule is Cc1oncc1-n1nn[nH]c1=O. The molecule has 0 saturated carbocycles. The van der Waals surface area contributed by atoms with Gasteiger partial charge in [-0.25, -0.2) is 9.89 Å². The summed E-state index contributed by atoms with van der Waals surface area (Å²) in [6.45, 7) is 1.68. The molecule has 0 aliphatic heterocycles. The first kappa shape index (κ1) is 6.77. The highest BCUT2D eigenvalue weighted by molar-refractivity contribution is 5.28. The molecule has 12 heavy (non-hydrogen) atoms. The highest BCUT2D eigenvalue weighted by Gasteiger charge is 2.08. The molecule has 0 atom stereocenters. The third kappa shape index (κ3) is 0.831. The largest absolute Gasteiger partial charge is 0.366 e. The lowest BCUT2D eigenvalue weighted by atomic mass is 10.4. The third-order valence-corrected chi connectivity index (χ3v) is 1.43. The maximum absolute atomic E-state index is 11.0. The van der Waals surface area contributed by atoms with Crippen molar-refractivity contribution < 1.29 is 4.52 Å². The standard InChI is InChI=1S/C5H5N5O2/c1-3-4(2-6-12-3)10-5(11)7-8-9-10/h2H,1H3,(H,7,9,11). The smallest absolute Gasteiger partial charge is 0.359 e. The van der Waals surface area contributed by atoms with E-state index in [1.54, 1.807) is 6.92 Å². The second kappa shape index (κ2) is 2.29. The van der Waals surface area contributed by atoms with Gasteiger partial charge in [0.05, 0.1) is 6.20 Å². The van der Waals surface area contributed by atoms with E-state index in [1.807, 2.05) is 0 Å². The number of aryl methyl sites for hydroxylation is 1. The Balaban J connectivity index is 2.65. The van der Waals surface area contributed by atoms with E-state index in [0.717, 1.165) is 4.68 Å². The molecule has 2 heterocycles. The van der Waals surface area contributed by atoms with E-state index < -0.39 is 5.69 Å². The summed E-state index contributed by atoms with van der Waals surface area (Å²) in [7, 11) is 0. The van der Waals surface area contributed by atoms with Crippen LogP contribution >= 0.6 is 0 Å². The Morgan fingerprint density at radius 3 is 3.00 bits per heavy atom. The molecule has 2 rings (SSSR count). The average molecular weight is 167 g/mol. The average Bonchev–Trinajstić information content (AvgIpc) is 2.59. The van der Waals surface area contributed by atoms with Gasteiger partial charge >= 0.3 is 5.69 Å². The predicted octanol–water partition coefficient (Wildman–Crippen LogP) is -0.748. The Bertz CT molecular complexity index is 438.